The Labute approximate surface area is 191 Å². The predicted octanol–water partition coefficient (Wildman–Crippen LogP) is 5.99. The van der Waals surface area contributed by atoms with Crippen LogP contribution in [0.1, 0.15) is 16.7 Å². The number of non-ortho nitro benzene ring substituents is 1. The number of methoxy groups -OCH3 is 1. The molecule has 0 spiro atoms. The number of hydrogen-bond acceptors (Lipinski definition) is 5. The van der Waals surface area contributed by atoms with E-state index in [1.54, 1.807) is 36.4 Å². The van der Waals surface area contributed by atoms with Crippen LogP contribution < -0.4 is 9.47 Å². The van der Waals surface area contributed by atoms with Crippen molar-refractivity contribution in [3.05, 3.63) is 96.9 Å². The van der Waals surface area contributed by atoms with Gasteiger partial charge in [-0.05, 0) is 81.8 Å². The summed E-state index contributed by atoms with van der Waals surface area (Å²) >= 11 is 2.10. The maximum atomic E-state index is 13.5. The first-order chi connectivity index (χ1) is 14.9. The van der Waals surface area contributed by atoms with Crippen LogP contribution in [0.3, 0.4) is 0 Å². The molecular weight excluding hydrogens is 514 g/mol. The SMILES string of the molecule is COc1cc(/C=C(/C#N)c2cccc(F)c2)cc(I)c1OCc1ccc([N+](=O)[O-])cc1. The van der Waals surface area contributed by atoms with Gasteiger partial charge in [0.2, 0.25) is 0 Å². The van der Waals surface area contributed by atoms with Crippen molar-refractivity contribution in [2.45, 2.75) is 6.61 Å². The molecule has 8 heteroatoms. The first kappa shape index (κ1) is 22.2. The summed E-state index contributed by atoms with van der Waals surface area (Å²) in [5, 5.41) is 20.3. The number of nitro benzene ring substituents is 1. The Bertz CT molecular complexity index is 1190. The topological polar surface area (TPSA) is 85.4 Å². The second kappa shape index (κ2) is 10.0. The van der Waals surface area contributed by atoms with E-state index >= 15 is 0 Å². The van der Waals surface area contributed by atoms with Crippen LogP contribution in [0.2, 0.25) is 0 Å². The van der Waals surface area contributed by atoms with Crippen molar-refractivity contribution in [3.63, 3.8) is 0 Å². The van der Waals surface area contributed by atoms with Crippen molar-refractivity contribution in [2.24, 2.45) is 0 Å². The van der Waals surface area contributed by atoms with E-state index in [-0.39, 0.29) is 12.3 Å². The lowest BCUT2D eigenvalue weighted by Gasteiger charge is -2.14. The molecule has 0 aliphatic carbocycles. The van der Waals surface area contributed by atoms with Gasteiger partial charge in [0.05, 0.1) is 27.2 Å². The summed E-state index contributed by atoms with van der Waals surface area (Å²) in [6, 6.07) is 17.6. The zero-order chi connectivity index (χ0) is 22.4. The number of rotatable bonds is 7. The molecule has 3 aromatic carbocycles. The van der Waals surface area contributed by atoms with Gasteiger partial charge in [-0.3, -0.25) is 10.1 Å². The van der Waals surface area contributed by atoms with E-state index in [0.717, 1.165) is 9.13 Å². The van der Waals surface area contributed by atoms with Gasteiger partial charge in [-0.2, -0.15) is 5.26 Å². The molecular formula is C23H16FIN2O4. The number of nitro groups is 1. The Balaban J connectivity index is 1.86. The molecule has 0 aliphatic heterocycles. The quantitative estimate of drug-likeness (QED) is 0.123. The summed E-state index contributed by atoms with van der Waals surface area (Å²) < 4.78 is 25.6. The van der Waals surface area contributed by atoms with Crippen molar-refractivity contribution in [1.82, 2.24) is 0 Å². The van der Waals surface area contributed by atoms with Gasteiger partial charge in [-0.25, -0.2) is 4.39 Å². The third-order valence-corrected chi connectivity index (χ3v) is 5.15. The van der Waals surface area contributed by atoms with Crippen molar-refractivity contribution in [2.75, 3.05) is 7.11 Å². The molecule has 0 radical (unpaired) electrons. The highest BCUT2D eigenvalue weighted by Crippen LogP contribution is 2.35. The lowest BCUT2D eigenvalue weighted by molar-refractivity contribution is -0.384. The zero-order valence-electron chi connectivity index (χ0n) is 16.3. The monoisotopic (exact) mass is 530 g/mol. The van der Waals surface area contributed by atoms with E-state index < -0.39 is 10.7 Å². The van der Waals surface area contributed by atoms with E-state index in [1.165, 1.54) is 31.4 Å². The maximum Gasteiger partial charge on any atom is 0.269 e. The molecule has 31 heavy (non-hydrogen) atoms. The molecule has 0 atom stereocenters. The average molecular weight is 530 g/mol. The minimum atomic E-state index is -0.456. The summed E-state index contributed by atoms with van der Waals surface area (Å²) in [6.45, 7) is 0.201. The molecule has 156 valence electrons. The number of hydrogen-bond donors (Lipinski definition) is 0. The van der Waals surface area contributed by atoms with Crippen LogP contribution in [0.5, 0.6) is 11.5 Å². The molecule has 0 amide bonds. The standard InChI is InChI=1S/C23H16FIN2O4/c1-30-22-11-16(9-18(13-26)17-3-2-4-19(24)12-17)10-21(25)23(22)31-14-15-5-7-20(8-6-15)27(28)29/h2-12H,14H2,1H3/b18-9-. The Kier molecular flexibility index (Phi) is 7.20. The second-order valence-corrected chi connectivity index (χ2v) is 7.59. The van der Waals surface area contributed by atoms with Crippen LogP contribution in [0, 0.1) is 30.8 Å². The fraction of sp³-hybridized carbons (Fsp3) is 0.0870. The van der Waals surface area contributed by atoms with Gasteiger partial charge in [-0.15, -0.1) is 0 Å². The first-order valence-corrected chi connectivity index (χ1v) is 10.1. The Hall–Kier alpha value is -3.45. The number of halogens is 2. The number of allylic oxidation sites excluding steroid dienone is 1. The summed E-state index contributed by atoms with van der Waals surface area (Å²) in [5.74, 6) is 0.570. The van der Waals surface area contributed by atoms with E-state index in [0.29, 0.717) is 28.2 Å². The number of nitrogens with zero attached hydrogens (tertiary/aromatic N) is 2. The molecule has 0 aromatic heterocycles. The van der Waals surface area contributed by atoms with Gasteiger partial charge >= 0.3 is 0 Å². The smallest absolute Gasteiger partial charge is 0.269 e. The average Bonchev–Trinajstić information content (AvgIpc) is 2.76. The van der Waals surface area contributed by atoms with Crippen molar-refractivity contribution in [1.29, 1.82) is 5.26 Å². The molecule has 0 saturated heterocycles. The van der Waals surface area contributed by atoms with Gasteiger partial charge in [-0.1, -0.05) is 12.1 Å². The van der Waals surface area contributed by atoms with E-state index in [1.807, 2.05) is 6.07 Å². The molecule has 0 saturated carbocycles. The summed E-state index contributed by atoms with van der Waals surface area (Å²) in [6.07, 6.45) is 1.65. The molecule has 3 aromatic rings. The molecule has 0 fully saturated rings. The molecule has 6 nitrogen and oxygen atoms in total. The molecule has 0 unspecified atom stereocenters. The highest BCUT2D eigenvalue weighted by atomic mass is 127. The normalized spacial score (nSPS) is 11.0. The van der Waals surface area contributed by atoms with E-state index in [2.05, 4.69) is 28.7 Å². The molecule has 0 heterocycles. The van der Waals surface area contributed by atoms with Gasteiger partial charge in [0.25, 0.3) is 5.69 Å². The van der Waals surface area contributed by atoms with Gasteiger partial charge < -0.3 is 9.47 Å². The number of nitriles is 1. The van der Waals surface area contributed by atoms with Crippen molar-refractivity contribution < 1.29 is 18.8 Å². The minimum Gasteiger partial charge on any atom is -0.493 e. The lowest BCUT2D eigenvalue weighted by atomic mass is 10.0. The highest BCUT2D eigenvalue weighted by molar-refractivity contribution is 14.1. The van der Waals surface area contributed by atoms with Gasteiger partial charge in [0.1, 0.15) is 12.4 Å². The minimum absolute atomic E-state index is 0.0126. The van der Waals surface area contributed by atoms with Crippen LogP contribution >= 0.6 is 22.6 Å². The van der Waals surface area contributed by atoms with Crippen LogP contribution in [0.25, 0.3) is 11.6 Å². The Morgan fingerprint density at radius 3 is 2.58 bits per heavy atom. The first-order valence-electron chi connectivity index (χ1n) is 9.02. The van der Waals surface area contributed by atoms with Crippen LogP contribution in [-0.4, -0.2) is 12.0 Å². The Morgan fingerprint density at radius 1 is 1.23 bits per heavy atom. The molecule has 0 N–H and O–H groups in total. The van der Waals surface area contributed by atoms with E-state index in [9.17, 15) is 19.8 Å². The van der Waals surface area contributed by atoms with E-state index in [4.69, 9.17) is 9.47 Å². The number of benzene rings is 3. The van der Waals surface area contributed by atoms with Crippen LogP contribution in [0.15, 0.2) is 60.7 Å². The summed E-state index contributed by atoms with van der Waals surface area (Å²) in [4.78, 5) is 10.3. The third kappa shape index (κ3) is 5.58. The molecule has 0 aliphatic rings. The number of ether oxygens (including phenoxy) is 2. The van der Waals surface area contributed by atoms with Crippen LogP contribution in [-0.2, 0) is 6.61 Å². The van der Waals surface area contributed by atoms with Gasteiger partial charge in [0, 0.05) is 12.1 Å². The molecule has 3 rings (SSSR count). The maximum absolute atomic E-state index is 13.5. The lowest BCUT2D eigenvalue weighted by Crippen LogP contribution is -2.00. The van der Waals surface area contributed by atoms with Gasteiger partial charge in [0.15, 0.2) is 11.5 Å². The largest absolute Gasteiger partial charge is 0.493 e. The Morgan fingerprint density at radius 2 is 1.97 bits per heavy atom. The molecule has 0 bridgehead atoms. The predicted molar refractivity (Wildman–Crippen MR) is 123 cm³/mol. The van der Waals surface area contributed by atoms with Crippen LogP contribution in [0.4, 0.5) is 10.1 Å². The highest BCUT2D eigenvalue weighted by Gasteiger charge is 2.13. The fourth-order valence-electron chi connectivity index (χ4n) is 2.84. The second-order valence-electron chi connectivity index (χ2n) is 6.43. The fourth-order valence-corrected chi connectivity index (χ4v) is 3.62. The summed E-state index contributed by atoms with van der Waals surface area (Å²) in [7, 11) is 1.51. The van der Waals surface area contributed by atoms with Crippen molar-refractivity contribution in [3.8, 4) is 17.6 Å². The zero-order valence-corrected chi connectivity index (χ0v) is 18.5. The van der Waals surface area contributed by atoms with Crippen molar-refractivity contribution >= 4 is 39.9 Å². The third-order valence-electron chi connectivity index (χ3n) is 4.35. The summed E-state index contributed by atoms with van der Waals surface area (Å²) in [5.41, 5.74) is 2.28.